The van der Waals surface area contributed by atoms with E-state index in [1.165, 1.54) is 22.3 Å². The summed E-state index contributed by atoms with van der Waals surface area (Å²) >= 11 is 0. The minimum Gasteiger partial charge on any atom is -0.508 e. The van der Waals surface area contributed by atoms with Crippen molar-refractivity contribution in [2.24, 2.45) is 0 Å². The second-order valence-corrected chi connectivity index (χ2v) is 7.55. The Kier molecular flexibility index (Phi) is 4.53. The predicted molar refractivity (Wildman–Crippen MR) is 118 cm³/mol. The summed E-state index contributed by atoms with van der Waals surface area (Å²) in [7, 11) is 0. The molecule has 0 aromatic heterocycles. The summed E-state index contributed by atoms with van der Waals surface area (Å²) in [5, 5.41) is 19.7. The topological polar surface area (TPSA) is 53.0 Å². The van der Waals surface area contributed by atoms with E-state index in [1.807, 2.05) is 24.3 Å². The van der Waals surface area contributed by atoms with Gasteiger partial charge in [-0.25, -0.2) is 0 Å². The predicted octanol–water partition coefficient (Wildman–Crippen LogP) is 5.48. The molecule has 1 saturated heterocycles. The number of ether oxygens (including phenoxy) is 1. The van der Waals surface area contributed by atoms with Crippen LogP contribution in [-0.2, 0) is 10.2 Å². The highest BCUT2D eigenvalue weighted by molar-refractivity contribution is 5.86. The van der Waals surface area contributed by atoms with Crippen LogP contribution in [0.1, 0.15) is 22.3 Å². The van der Waals surface area contributed by atoms with Crippen molar-refractivity contribution < 1.29 is 14.9 Å². The van der Waals surface area contributed by atoms with Gasteiger partial charge in [-0.1, -0.05) is 72.8 Å². The molecule has 0 radical (unpaired) electrons. The highest BCUT2D eigenvalue weighted by Gasteiger charge is 2.45. The molecule has 0 saturated carbocycles. The van der Waals surface area contributed by atoms with Crippen molar-refractivity contribution in [3.8, 4) is 22.6 Å². The van der Waals surface area contributed by atoms with E-state index in [0.717, 1.165) is 24.3 Å². The lowest BCUT2D eigenvalue weighted by Crippen LogP contribution is -2.28. The molecule has 0 bridgehead atoms. The molecular weight excluding hydrogens is 372 g/mol. The van der Waals surface area contributed by atoms with Crippen LogP contribution in [0.3, 0.4) is 0 Å². The van der Waals surface area contributed by atoms with Gasteiger partial charge >= 0.3 is 0 Å². The molecule has 3 heteroatoms. The normalized spacial score (nSPS) is 14.8. The van der Waals surface area contributed by atoms with Crippen molar-refractivity contribution in [3.05, 3.63) is 119 Å². The van der Waals surface area contributed by atoms with Crippen LogP contribution in [0.5, 0.6) is 11.5 Å². The molecular formula is C27H22O3. The molecule has 0 unspecified atom stereocenters. The third-order valence-electron chi connectivity index (χ3n) is 5.76. The van der Waals surface area contributed by atoms with Crippen molar-refractivity contribution in [2.75, 3.05) is 13.2 Å². The SMILES string of the molecule is C1CO1.Oc1ccc(C2(c3ccc(O)cc3)c3ccccc3-c3ccccc32)cc1. The van der Waals surface area contributed by atoms with Crippen LogP contribution in [0.15, 0.2) is 97.1 Å². The van der Waals surface area contributed by atoms with Crippen LogP contribution >= 0.6 is 0 Å². The molecule has 1 aliphatic carbocycles. The molecule has 30 heavy (non-hydrogen) atoms. The molecule has 2 N–H and O–H groups in total. The fraction of sp³-hybridized carbons (Fsp3) is 0.111. The van der Waals surface area contributed by atoms with Crippen LogP contribution in [0.2, 0.25) is 0 Å². The molecule has 0 spiro atoms. The number of phenolic OH excluding ortho intramolecular Hbond substituents is 2. The van der Waals surface area contributed by atoms with E-state index in [1.54, 1.807) is 24.3 Å². The summed E-state index contributed by atoms with van der Waals surface area (Å²) in [6.45, 7) is 2.00. The summed E-state index contributed by atoms with van der Waals surface area (Å²) in [6, 6.07) is 31.9. The van der Waals surface area contributed by atoms with Crippen LogP contribution in [-0.4, -0.2) is 23.4 Å². The second kappa shape index (κ2) is 7.36. The summed E-state index contributed by atoms with van der Waals surface area (Å²) in [6.07, 6.45) is 0. The maximum Gasteiger partial charge on any atom is 0.115 e. The zero-order chi connectivity index (χ0) is 20.6. The van der Waals surface area contributed by atoms with Gasteiger partial charge in [-0.05, 0) is 57.6 Å². The Balaban J connectivity index is 0.000000592. The van der Waals surface area contributed by atoms with E-state index in [2.05, 4.69) is 53.3 Å². The van der Waals surface area contributed by atoms with Gasteiger partial charge in [0.2, 0.25) is 0 Å². The number of fused-ring (bicyclic) bond motifs is 3. The Morgan fingerprint density at radius 2 is 0.900 bits per heavy atom. The first kappa shape index (κ1) is 18.5. The minimum absolute atomic E-state index is 0.249. The van der Waals surface area contributed by atoms with E-state index in [-0.39, 0.29) is 11.5 Å². The molecule has 3 nitrogen and oxygen atoms in total. The fourth-order valence-electron chi connectivity index (χ4n) is 4.45. The standard InChI is InChI=1S/C25H18O2.C2H4O/c26-19-13-9-17(10-14-19)25(18-11-15-20(27)16-12-18)23-7-3-1-5-21(23)22-6-2-4-8-24(22)25;1-2-3-1/h1-16,26-27H;1-2H2. The smallest absolute Gasteiger partial charge is 0.115 e. The Bertz CT molecular complexity index is 1080. The van der Waals surface area contributed by atoms with Gasteiger partial charge in [0, 0.05) is 0 Å². The first-order chi connectivity index (χ1) is 14.7. The van der Waals surface area contributed by atoms with Gasteiger partial charge in [0.25, 0.3) is 0 Å². The summed E-state index contributed by atoms with van der Waals surface area (Å²) in [5.74, 6) is 0.498. The third-order valence-corrected chi connectivity index (χ3v) is 5.76. The summed E-state index contributed by atoms with van der Waals surface area (Å²) in [5.41, 5.74) is 6.54. The molecule has 1 fully saturated rings. The van der Waals surface area contributed by atoms with E-state index in [0.29, 0.717) is 0 Å². The van der Waals surface area contributed by atoms with Crippen molar-refractivity contribution in [1.82, 2.24) is 0 Å². The van der Waals surface area contributed by atoms with E-state index < -0.39 is 5.41 Å². The molecule has 148 valence electrons. The van der Waals surface area contributed by atoms with E-state index in [9.17, 15) is 10.2 Å². The monoisotopic (exact) mass is 394 g/mol. The van der Waals surface area contributed by atoms with Gasteiger partial charge in [-0.3, -0.25) is 0 Å². The van der Waals surface area contributed by atoms with Gasteiger partial charge in [0.05, 0.1) is 18.6 Å². The zero-order valence-corrected chi connectivity index (χ0v) is 16.5. The Hall–Kier alpha value is -3.56. The molecule has 2 aliphatic rings. The van der Waals surface area contributed by atoms with Crippen molar-refractivity contribution >= 4 is 0 Å². The Morgan fingerprint density at radius 1 is 0.533 bits per heavy atom. The molecule has 4 aromatic rings. The average molecular weight is 394 g/mol. The van der Waals surface area contributed by atoms with Crippen LogP contribution < -0.4 is 0 Å². The van der Waals surface area contributed by atoms with Crippen LogP contribution in [0.4, 0.5) is 0 Å². The van der Waals surface area contributed by atoms with Gasteiger partial charge in [-0.2, -0.15) is 0 Å². The lowest BCUT2D eigenvalue weighted by molar-refractivity contribution is 0.474. The largest absolute Gasteiger partial charge is 0.508 e. The average Bonchev–Trinajstić information content (AvgIpc) is 3.64. The second-order valence-electron chi connectivity index (χ2n) is 7.55. The van der Waals surface area contributed by atoms with E-state index in [4.69, 9.17) is 0 Å². The molecule has 1 heterocycles. The number of hydrogen-bond donors (Lipinski definition) is 2. The van der Waals surface area contributed by atoms with Crippen molar-refractivity contribution in [2.45, 2.75) is 5.41 Å². The number of rotatable bonds is 2. The highest BCUT2D eigenvalue weighted by atomic mass is 16.6. The van der Waals surface area contributed by atoms with Crippen LogP contribution in [0, 0.1) is 0 Å². The lowest BCUT2D eigenvalue weighted by Gasteiger charge is -2.33. The molecule has 0 atom stereocenters. The Labute approximate surface area is 175 Å². The molecule has 4 aromatic carbocycles. The summed E-state index contributed by atoms with van der Waals surface area (Å²) < 4.78 is 4.50. The van der Waals surface area contributed by atoms with E-state index >= 15 is 0 Å². The van der Waals surface area contributed by atoms with Crippen molar-refractivity contribution in [1.29, 1.82) is 0 Å². The van der Waals surface area contributed by atoms with Crippen molar-refractivity contribution in [3.63, 3.8) is 0 Å². The number of hydrogen-bond acceptors (Lipinski definition) is 3. The number of epoxide rings is 1. The molecule has 6 rings (SSSR count). The van der Waals surface area contributed by atoms with Gasteiger partial charge in [-0.15, -0.1) is 0 Å². The fourth-order valence-corrected chi connectivity index (χ4v) is 4.45. The van der Waals surface area contributed by atoms with Gasteiger partial charge in [0.15, 0.2) is 0 Å². The zero-order valence-electron chi connectivity index (χ0n) is 16.5. The van der Waals surface area contributed by atoms with Gasteiger partial charge < -0.3 is 14.9 Å². The first-order valence-electron chi connectivity index (χ1n) is 10.1. The maximum absolute atomic E-state index is 9.85. The quantitative estimate of drug-likeness (QED) is 0.390. The maximum atomic E-state index is 9.85. The third kappa shape index (κ3) is 2.95. The molecule has 0 amide bonds. The Morgan fingerprint density at radius 3 is 1.27 bits per heavy atom. The number of phenols is 2. The number of aromatic hydroxyl groups is 2. The number of benzene rings is 4. The highest BCUT2D eigenvalue weighted by Crippen LogP contribution is 2.56. The van der Waals surface area contributed by atoms with Gasteiger partial charge in [0.1, 0.15) is 11.5 Å². The molecule has 1 aliphatic heterocycles. The minimum atomic E-state index is -0.491. The first-order valence-corrected chi connectivity index (χ1v) is 10.1. The van der Waals surface area contributed by atoms with Crippen LogP contribution in [0.25, 0.3) is 11.1 Å². The lowest BCUT2D eigenvalue weighted by atomic mass is 9.68. The summed E-state index contributed by atoms with van der Waals surface area (Å²) in [4.78, 5) is 0.